The fourth-order valence-corrected chi connectivity index (χ4v) is 3.42. The Labute approximate surface area is 155 Å². The van der Waals surface area contributed by atoms with Crippen molar-refractivity contribution in [2.75, 3.05) is 26.2 Å². The van der Waals surface area contributed by atoms with Crippen molar-refractivity contribution in [3.63, 3.8) is 0 Å². The molecule has 140 valence electrons. The number of hydrogen-bond acceptors (Lipinski definition) is 5. The molecule has 1 aromatic heterocycles. The number of carbonyl (C=O) groups is 1. The van der Waals surface area contributed by atoms with Gasteiger partial charge in [-0.05, 0) is 26.3 Å². The van der Waals surface area contributed by atoms with Gasteiger partial charge in [0, 0.05) is 32.6 Å². The molecule has 1 amide bonds. The van der Waals surface area contributed by atoms with Gasteiger partial charge in [-0.3, -0.25) is 9.69 Å². The SMILES string of the molecule is CCc1noc([C@@H](C)N2CCN(C(=O)C(C)(C)c3ccccc3)CC2)n1. The molecule has 6 nitrogen and oxygen atoms in total. The standard InChI is InChI=1S/C20H28N4O2/c1-5-17-21-18(26-22-17)15(2)23-11-13-24(14-12-23)19(25)20(3,4)16-9-7-6-8-10-16/h6-10,15H,5,11-14H2,1-4H3/t15-/m1/s1. The third kappa shape index (κ3) is 3.65. The van der Waals surface area contributed by atoms with E-state index in [0.717, 1.165) is 30.9 Å². The molecule has 1 aliphatic rings. The molecule has 2 heterocycles. The van der Waals surface area contributed by atoms with Crippen molar-refractivity contribution >= 4 is 5.91 Å². The Morgan fingerprint density at radius 3 is 2.42 bits per heavy atom. The van der Waals surface area contributed by atoms with Crippen molar-refractivity contribution < 1.29 is 9.32 Å². The minimum atomic E-state index is -0.516. The Balaban J connectivity index is 1.62. The average molecular weight is 356 g/mol. The van der Waals surface area contributed by atoms with Crippen LogP contribution in [0.5, 0.6) is 0 Å². The van der Waals surface area contributed by atoms with Gasteiger partial charge in [0.1, 0.15) is 0 Å². The van der Waals surface area contributed by atoms with Crippen LogP contribution >= 0.6 is 0 Å². The van der Waals surface area contributed by atoms with Crippen molar-refractivity contribution in [1.82, 2.24) is 19.9 Å². The topological polar surface area (TPSA) is 62.5 Å². The monoisotopic (exact) mass is 356 g/mol. The lowest BCUT2D eigenvalue weighted by molar-refractivity contribution is -0.138. The first-order valence-corrected chi connectivity index (χ1v) is 9.35. The number of benzene rings is 1. The second-order valence-electron chi connectivity index (χ2n) is 7.40. The molecular weight excluding hydrogens is 328 g/mol. The molecule has 0 N–H and O–H groups in total. The largest absolute Gasteiger partial charge is 0.339 e. The van der Waals surface area contributed by atoms with E-state index in [1.165, 1.54) is 0 Å². The minimum absolute atomic E-state index is 0.0715. The highest BCUT2D eigenvalue weighted by atomic mass is 16.5. The predicted octanol–water partition coefficient (Wildman–Crippen LogP) is 2.82. The number of carbonyl (C=O) groups excluding carboxylic acids is 1. The molecule has 0 bridgehead atoms. The van der Waals surface area contributed by atoms with Crippen molar-refractivity contribution in [2.24, 2.45) is 0 Å². The Morgan fingerprint density at radius 2 is 1.85 bits per heavy atom. The van der Waals surface area contributed by atoms with Crippen LogP contribution in [0.4, 0.5) is 0 Å². The average Bonchev–Trinajstić information content (AvgIpc) is 3.17. The molecule has 1 aliphatic heterocycles. The lowest BCUT2D eigenvalue weighted by Gasteiger charge is -2.40. The van der Waals surface area contributed by atoms with E-state index in [-0.39, 0.29) is 11.9 Å². The van der Waals surface area contributed by atoms with E-state index < -0.39 is 5.41 Å². The molecule has 0 spiro atoms. The summed E-state index contributed by atoms with van der Waals surface area (Å²) in [5.41, 5.74) is 0.538. The van der Waals surface area contributed by atoms with Gasteiger partial charge >= 0.3 is 0 Å². The van der Waals surface area contributed by atoms with E-state index in [1.54, 1.807) is 0 Å². The molecule has 1 fully saturated rings. The summed E-state index contributed by atoms with van der Waals surface area (Å²) in [6, 6.07) is 10.1. The number of aromatic nitrogens is 2. The summed E-state index contributed by atoms with van der Waals surface area (Å²) >= 11 is 0. The van der Waals surface area contributed by atoms with Crippen LogP contribution in [0.2, 0.25) is 0 Å². The first kappa shape index (κ1) is 18.6. The van der Waals surface area contributed by atoms with Crippen LogP contribution in [0.3, 0.4) is 0 Å². The Hall–Kier alpha value is -2.21. The smallest absolute Gasteiger partial charge is 0.243 e. The van der Waals surface area contributed by atoms with E-state index in [2.05, 4.69) is 22.0 Å². The third-order valence-corrected chi connectivity index (χ3v) is 5.34. The number of nitrogens with zero attached hydrogens (tertiary/aromatic N) is 4. The molecule has 0 radical (unpaired) electrons. The van der Waals surface area contributed by atoms with Gasteiger partial charge in [0.05, 0.1) is 11.5 Å². The summed E-state index contributed by atoms with van der Waals surface area (Å²) in [6.07, 6.45) is 0.771. The van der Waals surface area contributed by atoms with Gasteiger partial charge in [-0.1, -0.05) is 42.4 Å². The summed E-state index contributed by atoms with van der Waals surface area (Å²) in [4.78, 5) is 21.8. The number of rotatable bonds is 5. The second kappa shape index (κ2) is 7.58. The normalized spacial score (nSPS) is 17.3. The Bertz CT molecular complexity index is 733. The number of piperazine rings is 1. The third-order valence-electron chi connectivity index (χ3n) is 5.34. The molecule has 1 atom stereocenters. The first-order chi connectivity index (χ1) is 12.4. The predicted molar refractivity (Wildman–Crippen MR) is 99.7 cm³/mol. The van der Waals surface area contributed by atoms with Gasteiger partial charge in [0.15, 0.2) is 5.82 Å². The highest BCUT2D eigenvalue weighted by Gasteiger charge is 2.36. The molecule has 26 heavy (non-hydrogen) atoms. The van der Waals surface area contributed by atoms with Crippen LogP contribution in [0.15, 0.2) is 34.9 Å². The summed E-state index contributed by atoms with van der Waals surface area (Å²) in [6.45, 7) is 11.1. The first-order valence-electron chi connectivity index (χ1n) is 9.35. The highest BCUT2D eigenvalue weighted by Crippen LogP contribution is 2.27. The van der Waals surface area contributed by atoms with Crippen molar-refractivity contribution in [1.29, 1.82) is 0 Å². The van der Waals surface area contributed by atoms with Gasteiger partial charge in [-0.25, -0.2) is 0 Å². The Morgan fingerprint density at radius 1 is 1.19 bits per heavy atom. The summed E-state index contributed by atoms with van der Waals surface area (Å²) < 4.78 is 5.37. The molecule has 3 rings (SSSR count). The minimum Gasteiger partial charge on any atom is -0.339 e. The van der Waals surface area contributed by atoms with Gasteiger partial charge in [0.2, 0.25) is 11.8 Å². The molecule has 0 unspecified atom stereocenters. The Kier molecular flexibility index (Phi) is 5.41. The number of amides is 1. The fraction of sp³-hybridized carbons (Fsp3) is 0.550. The summed E-state index contributed by atoms with van der Waals surface area (Å²) in [7, 11) is 0. The zero-order valence-corrected chi connectivity index (χ0v) is 16.1. The highest BCUT2D eigenvalue weighted by molar-refractivity contribution is 5.87. The number of hydrogen-bond donors (Lipinski definition) is 0. The van der Waals surface area contributed by atoms with Crippen LogP contribution in [-0.2, 0) is 16.6 Å². The van der Waals surface area contributed by atoms with Crippen molar-refractivity contribution in [2.45, 2.75) is 45.6 Å². The fourth-order valence-electron chi connectivity index (χ4n) is 3.42. The lowest BCUT2D eigenvalue weighted by Crippen LogP contribution is -2.53. The van der Waals surface area contributed by atoms with E-state index in [4.69, 9.17) is 4.52 Å². The van der Waals surface area contributed by atoms with Crippen LogP contribution in [0, 0.1) is 0 Å². The summed E-state index contributed by atoms with van der Waals surface area (Å²) in [5, 5.41) is 3.98. The molecule has 0 saturated carbocycles. The van der Waals surface area contributed by atoms with Gasteiger partial charge in [-0.2, -0.15) is 4.98 Å². The zero-order chi connectivity index (χ0) is 18.7. The molecule has 6 heteroatoms. The van der Waals surface area contributed by atoms with E-state index in [0.29, 0.717) is 19.0 Å². The van der Waals surface area contributed by atoms with Crippen LogP contribution in [0.25, 0.3) is 0 Å². The maximum atomic E-state index is 13.1. The summed E-state index contributed by atoms with van der Waals surface area (Å²) in [5.74, 6) is 1.58. The number of aryl methyl sites for hydroxylation is 1. The van der Waals surface area contributed by atoms with Crippen LogP contribution in [0.1, 0.15) is 51.0 Å². The van der Waals surface area contributed by atoms with Crippen LogP contribution in [-0.4, -0.2) is 52.0 Å². The van der Waals surface area contributed by atoms with E-state index in [1.807, 2.05) is 56.0 Å². The lowest BCUT2D eigenvalue weighted by atomic mass is 9.83. The quantitative estimate of drug-likeness (QED) is 0.824. The van der Waals surface area contributed by atoms with Crippen molar-refractivity contribution in [3.05, 3.63) is 47.6 Å². The molecule has 0 aliphatic carbocycles. The maximum absolute atomic E-state index is 13.1. The second-order valence-corrected chi connectivity index (χ2v) is 7.40. The van der Waals surface area contributed by atoms with E-state index in [9.17, 15) is 4.79 Å². The van der Waals surface area contributed by atoms with Gasteiger partial charge in [-0.15, -0.1) is 0 Å². The molecular formula is C20H28N4O2. The maximum Gasteiger partial charge on any atom is 0.243 e. The van der Waals surface area contributed by atoms with E-state index >= 15 is 0 Å². The van der Waals surface area contributed by atoms with Crippen LogP contribution < -0.4 is 0 Å². The van der Waals surface area contributed by atoms with Crippen molar-refractivity contribution in [3.8, 4) is 0 Å². The molecule has 1 saturated heterocycles. The van der Waals surface area contributed by atoms with Gasteiger partial charge in [0.25, 0.3) is 0 Å². The molecule has 2 aromatic rings. The molecule has 1 aromatic carbocycles. The van der Waals surface area contributed by atoms with Gasteiger partial charge < -0.3 is 9.42 Å². The zero-order valence-electron chi connectivity index (χ0n) is 16.1.